The number of amides is 1. The van der Waals surface area contributed by atoms with Gasteiger partial charge in [-0.1, -0.05) is 41.9 Å². The summed E-state index contributed by atoms with van der Waals surface area (Å²) in [5.41, 5.74) is 1.88. The summed E-state index contributed by atoms with van der Waals surface area (Å²) in [6.45, 7) is 2.51. The summed E-state index contributed by atoms with van der Waals surface area (Å²) in [5, 5.41) is 0.743. The molecule has 0 saturated carbocycles. The Morgan fingerprint density at radius 1 is 1.09 bits per heavy atom. The molecule has 1 fully saturated rings. The molecule has 0 atom stereocenters. The van der Waals surface area contributed by atoms with E-state index in [1.54, 1.807) is 12.0 Å². The molecule has 0 aromatic heterocycles. The Hall–Kier alpha value is -2.04. The average molecular weight is 331 g/mol. The van der Waals surface area contributed by atoms with Gasteiger partial charge >= 0.3 is 0 Å². The number of ether oxygens (including phenoxy) is 1. The molecule has 0 bridgehead atoms. The summed E-state index contributed by atoms with van der Waals surface area (Å²) in [6, 6.07) is 15.4. The molecular weight excluding hydrogens is 312 g/mol. The first-order valence-corrected chi connectivity index (χ1v) is 7.96. The third-order valence-electron chi connectivity index (χ3n) is 4.03. The molecule has 5 heteroatoms. The van der Waals surface area contributed by atoms with E-state index in [1.807, 2.05) is 48.5 Å². The predicted octanol–water partition coefficient (Wildman–Crippen LogP) is 3.20. The number of hydrogen-bond donors (Lipinski definition) is 0. The molecule has 3 rings (SSSR count). The van der Waals surface area contributed by atoms with Crippen molar-refractivity contribution in [3.8, 4) is 5.75 Å². The lowest BCUT2D eigenvalue weighted by molar-refractivity contribution is -0.121. The summed E-state index contributed by atoms with van der Waals surface area (Å²) >= 11 is 6.21. The average Bonchev–Trinajstić information content (AvgIpc) is 2.57. The van der Waals surface area contributed by atoms with Crippen LogP contribution in [0.1, 0.15) is 5.56 Å². The number of carbonyl (C=O) groups excluding carboxylic acids is 1. The summed E-state index contributed by atoms with van der Waals surface area (Å²) in [6.07, 6.45) is 0. The normalized spacial score (nSPS) is 15.7. The van der Waals surface area contributed by atoms with Crippen LogP contribution in [0, 0.1) is 0 Å². The molecule has 1 aliphatic heterocycles. The van der Waals surface area contributed by atoms with Gasteiger partial charge in [-0.15, -0.1) is 0 Å². The van der Waals surface area contributed by atoms with Crippen LogP contribution in [-0.2, 0) is 11.3 Å². The van der Waals surface area contributed by atoms with Crippen LogP contribution in [0.2, 0.25) is 5.02 Å². The summed E-state index contributed by atoms with van der Waals surface area (Å²) in [5.74, 6) is 0.799. The van der Waals surface area contributed by atoms with Gasteiger partial charge in [0.05, 0.1) is 19.3 Å². The molecule has 0 radical (unpaired) electrons. The van der Waals surface area contributed by atoms with Crippen molar-refractivity contribution in [2.24, 2.45) is 0 Å². The first kappa shape index (κ1) is 15.8. The number of benzene rings is 2. The SMILES string of the molecule is COc1ccccc1N1CCN(Cc2ccccc2Cl)CC1=O. The molecule has 0 aliphatic carbocycles. The van der Waals surface area contributed by atoms with Crippen molar-refractivity contribution in [2.45, 2.75) is 6.54 Å². The maximum atomic E-state index is 12.5. The van der Waals surface area contributed by atoms with Gasteiger partial charge in [0, 0.05) is 24.7 Å². The molecule has 2 aromatic carbocycles. The fraction of sp³-hybridized carbons (Fsp3) is 0.278. The van der Waals surface area contributed by atoms with E-state index >= 15 is 0 Å². The summed E-state index contributed by atoms with van der Waals surface area (Å²) < 4.78 is 5.36. The number of hydrogen-bond acceptors (Lipinski definition) is 3. The molecule has 0 unspecified atom stereocenters. The highest BCUT2D eigenvalue weighted by Crippen LogP contribution is 2.29. The minimum Gasteiger partial charge on any atom is -0.495 e. The van der Waals surface area contributed by atoms with E-state index in [-0.39, 0.29) is 5.91 Å². The zero-order valence-corrected chi connectivity index (χ0v) is 13.8. The molecule has 2 aromatic rings. The van der Waals surface area contributed by atoms with Crippen LogP contribution in [0.5, 0.6) is 5.75 Å². The Bertz CT molecular complexity index is 705. The Kier molecular flexibility index (Phi) is 4.84. The van der Waals surface area contributed by atoms with Crippen molar-refractivity contribution < 1.29 is 9.53 Å². The van der Waals surface area contributed by atoms with Gasteiger partial charge in [0.2, 0.25) is 5.91 Å². The number of para-hydroxylation sites is 2. The van der Waals surface area contributed by atoms with Crippen molar-refractivity contribution in [1.82, 2.24) is 4.90 Å². The maximum absolute atomic E-state index is 12.5. The van der Waals surface area contributed by atoms with Crippen molar-refractivity contribution in [3.63, 3.8) is 0 Å². The zero-order valence-electron chi connectivity index (χ0n) is 13.0. The van der Waals surface area contributed by atoms with Crippen LogP contribution in [0.3, 0.4) is 0 Å². The molecule has 1 heterocycles. The van der Waals surface area contributed by atoms with Crippen molar-refractivity contribution >= 4 is 23.2 Å². The Balaban J connectivity index is 1.70. The smallest absolute Gasteiger partial charge is 0.241 e. The van der Waals surface area contributed by atoms with E-state index in [1.165, 1.54) is 0 Å². The van der Waals surface area contributed by atoms with E-state index in [2.05, 4.69) is 4.90 Å². The second kappa shape index (κ2) is 7.02. The van der Waals surface area contributed by atoms with Crippen LogP contribution in [0.25, 0.3) is 0 Å². The largest absolute Gasteiger partial charge is 0.495 e. The predicted molar refractivity (Wildman–Crippen MR) is 92.1 cm³/mol. The molecule has 1 amide bonds. The molecular formula is C18H19ClN2O2. The lowest BCUT2D eigenvalue weighted by Gasteiger charge is -2.35. The van der Waals surface area contributed by atoms with Gasteiger partial charge in [-0.05, 0) is 23.8 Å². The van der Waals surface area contributed by atoms with Gasteiger partial charge in [-0.2, -0.15) is 0 Å². The number of rotatable bonds is 4. The number of halogens is 1. The van der Waals surface area contributed by atoms with Crippen molar-refractivity contribution in [1.29, 1.82) is 0 Å². The van der Waals surface area contributed by atoms with E-state index < -0.39 is 0 Å². The van der Waals surface area contributed by atoms with Gasteiger partial charge in [-0.3, -0.25) is 9.69 Å². The summed E-state index contributed by atoms with van der Waals surface area (Å²) in [4.78, 5) is 16.5. The Morgan fingerprint density at radius 2 is 1.83 bits per heavy atom. The van der Waals surface area contributed by atoms with E-state index in [0.29, 0.717) is 19.6 Å². The van der Waals surface area contributed by atoms with Crippen LogP contribution in [0.4, 0.5) is 5.69 Å². The fourth-order valence-corrected chi connectivity index (χ4v) is 3.03. The fourth-order valence-electron chi connectivity index (χ4n) is 2.83. The van der Waals surface area contributed by atoms with E-state index in [0.717, 1.165) is 28.6 Å². The topological polar surface area (TPSA) is 32.8 Å². The molecule has 4 nitrogen and oxygen atoms in total. The minimum atomic E-state index is 0.0767. The lowest BCUT2D eigenvalue weighted by Crippen LogP contribution is -2.50. The number of anilines is 1. The van der Waals surface area contributed by atoms with Gasteiger partial charge in [0.25, 0.3) is 0 Å². The second-order valence-electron chi connectivity index (χ2n) is 5.52. The van der Waals surface area contributed by atoms with Crippen LogP contribution < -0.4 is 9.64 Å². The van der Waals surface area contributed by atoms with Gasteiger partial charge in [0.1, 0.15) is 5.75 Å². The molecule has 1 saturated heterocycles. The molecule has 23 heavy (non-hydrogen) atoms. The van der Waals surface area contributed by atoms with E-state index in [4.69, 9.17) is 16.3 Å². The Morgan fingerprint density at radius 3 is 2.57 bits per heavy atom. The molecule has 1 aliphatic rings. The van der Waals surface area contributed by atoms with Crippen LogP contribution in [0.15, 0.2) is 48.5 Å². The highest BCUT2D eigenvalue weighted by molar-refractivity contribution is 6.31. The molecule has 120 valence electrons. The van der Waals surface area contributed by atoms with Gasteiger partial charge < -0.3 is 9.64 Å². The maximum Gasteiger partial charge on any atom is 0.241 e. The third kappa shape index (κ3) is 3.49. The lowest BCUT2D eigenvalue weighted by atomic mass is 10.1. The van der Waals surface area contributed by atoms with Crippen LogP contribution >= 0.6 is 11.6 Å². The minimum absolute atomic E-state index is 0.0767. The summed E-state index contributed by atoms with van der Waals surface area (Å²) in [7, 11) is 1.62. The molecule has 0 spiro atoms. The van der Waals surface area contributed by atoms with Gasteiger partial charge in [0.15, 0.2) is 0 Å². The first-order valence-electron chi connectivity index (χ1n) is 7.58. The van der Waals surface area contributed by atoms with Crippen LogP contribution in [-0.4, -0.2) is 37.6 Å². The number of piperazine rings is 1. The number of carbonyl (C=O) groups is 1. The van der Waals surface area contributed by atoms with E-state index in [9.17, 15) is 4.79 Å². The van der Waals surface area contributed by atoms with Crippen molar-refractivity contribution in [2.75, 3.05) is 31.6 Å². The quantitative estimate of drug-likeness (QED) is 0.863. The number of nitrogens with zero attached hydrogens (tertiary/aromatic N) is 2. The number of methoxy groups -OCH3 is 1. The highest BCUT2D eigenvalue weighted by atomic mass is 35.5. The Labute approximate surface area is 141 Å². The second-order valence-corrected chi connectivity index (χ2v) is 5.93. The zero-order chi connectivity index (χ0) is 16.2. The van der Waals surface area contributed by atoms with Gasteiger partial charge in [-0.25, -0.2) is 0 Å². The standard InChI is InChI=1S/C18H19ClN2O2/c1-23-17-9-5-4-8-16(17)21-11-10-20(13-18(21)22)12-14-6-2-3-7-15(14)19/h2-9H,10-13H2,1H3. The van der Waals surface area contributed by atoms with Crippen molar-refractivity contribution in [3.05, 3.63) is 59.1 Å². The molecule has 0 N–H and O–H groups in total. The monoisotopic (exact) mass is 330 g/mol. The third-order valence-corrected chi connectivity index (χ3v) is 4.40. The highest BCUT2D eigenvalue weighted by Gasteiger charge is 2.27. The first-order chi connectivity index (χ1) is 11.2.